The normalized spacial score (nSPS) is 16.2. The molecule has 1 atom stereocenters. The number of hydrogen-bond acceptors (Lipinski definition) is 6. The number of ether oxygens (including phenoxy) is 1. The second-order valence-electron chi connectivity index (χ2n) is 5.80. The summed E-state index contributed by atoms with van der Waals surface area (Å²) in [5.74, 6) is 0.674. The van der Waals surface area contributed by atoms with E-state index in [2.05, 4.69) is 31.3 Å². The predicted octanol–water partition coefficient (Wildman–Crippen LogP) is 3.67. The second kappa shape index (κ2) is 6.80. The molecule has 7 nitrogen and oxygen atoms in total. The van der Waals surface area contributed by atoms with Gasteiger partial charge in [0.25, 0.3) is 0 Å². The number of rotatable bonds is 4. The molecule has 0 aliphatic carbocycles. The number of carbonyl (C=O) groups excluding carboxylic acids is 1. The molecule has 2 aromatic heterocycles. The van der Waals surface area contributed by atoms with Crippen molar-refractivity contribution in [3.63, 3.8) is 0 Å². The molecule has 0 spiro atoms. The van der Waals surface area contributed by atoms with Crippen molar-refractivity contribution in [2.45, 2.75) is 19.6 Å². The number of hydrogen-bond donors (Lipinski definition) is 1. The highest BCUT2D eigenvalue weighted by atomic mass is 79.9. The van der Waals surface area contributed by atoms with E-state index in [1.165, 1.54) is 6.33 Å². The van der Waals surface area contributed by atoms with Crippen LogP contribution in [0.5, 0.6) is 0 Å². The number of halogens is 1. The van der Waals surface area contributed by atoms with Crippen LogP contribution < -0.4 is 5.32 Å². The molecule has 0 radical (unpaired) electrons. The number of nitrogens with zero attached hydrogens (tertiary/aromatic N) is 3. The molecular formula is C18H15BrN4O3. The Morgan fingerprint density at radius 2 is 2.12 bits per heavy atom. The van der Waals surface area contributed by atoms with Gasteiger partial charge in [0.2, 0.25) is 5.95 Å². The minimum absolute atomic E-state index is 0.190. The lowest BCUT2D eigenvalue weighted by Gasteiger charge is -2.26. The summed E-state index contributed by atoms with van der Waals surface area (Å²) >= 11 is 3.30. The average Bonchev–Trinajstić information content (AvgIpc) is 3.28. The lowest BCUT2D eigenvalue weighted by molar-refractivity contribution is -0.140. The van der Waals surface area contributed by atoms with E-state index in [1.807, 2.05) is 37.3 Å². The van der Waals surface area contributed by atoms with Crippen molar-refractivity contribution in [2.24, 2.45) is 0 Å². The van der Waals surface area contributed by atoms with Crippen molar-refractivity contribution in [3.8, 4) is 0 Å². The van der Waals surface area contributed by atoms with E-state index in [-0.39, 0.29) is 6.61 Å². The Morgan fingerprint density at radius 1 is 1.31 bits per heavy atom. The summed E-state index contributed by atoms with van der Waals surface area (Å²) in [5.41, 5.74) is 2.00. The van der Waals surface area contributed by atoms with Crippen LogP contribution in [0.4, 0.5) is 5.95 Å². The zero-order chi connectivity index (χ0) is 18.1. The molecule has 0 saturated heterocycles. The van der Waals surface area contributed by atoms with Crippen LogP contribution in [0.2, 0.25) is 0 Å². The third-order valence-electron chi connectivity index (χ3n) is 4.09. The van der Waals surface area contributed by atoms with Gasteiger partial charge in [-0.3, -0.25) is 0 Å². The number of anilines is 1. The fourth-order valence-electron chi connectivity index (χ4n) is 2.89. The predicted molar refractivity (Wildman–Crippen MR) is 97.1 cm³/mol. The van der Waals surface area contributed by atoms with Gasteiger partial charge in [-0.15, -0.1) is 0 Å². The van der Waals surface area contributed by atoms with E-state index < -0.39 is 12.0 Å². The third-order valence-corrected chi connectivity index (χ3v) is 4.52. The number of allylic oxidation sites excluding steroid dienone is 1. The fourth-order valence-corrected chi connectivity index (χ4v) is 3.21. The molecule has 1 aromatic carbocycles. The highest BCUT2D eigenvalue weighted by molar-refractivity contribution is 9.10. The molecule has 0 bridgehead atoms. The van der Waals surface area contributed by atoms with Crippen LogP contribution in [-0.4, -0.2) is 20.7 Å². The first-order valence-electron chi connectivity index (χ1n) is 7.97. The Hall–Kier alpha value is -2.87. The van der Waals surface area contributed by atoms with Crippen LogP contribution in [0.3, 0.4) is 0 Å². The Kier molecular flexibility index (Phi) is 4.34. The van der Waals surface area contributed by atoms with Crippen LogP contribution in [0.25, 0.3) is 0 Å². The molecule has 3 aromatic rings. The van der Waals surface area contributed by atoms with Crippen molar-refractivity contribution in [1.29, 1.82) is 0 Å². The molecular weight excluding hydrogens is 400 g/mol. The van der Waals surface area contributed by atoms with Gasteiger partial charge >= 0.3 is 5.97 Å². The Balaban J connectivity index is 1.66. The Bertz CT molecular complexity index is 977. The summed E-state index contributed by atoms with van der Waals surface area (Å²) in [6.07, 6.45) is 1.43. The van der Waals surface area contributed by atoms with Crippen LogP contribution >= 0.6 is 15.9 Å². The summed E-state index contributed by atoms with van der Waals surface area (Å²) in [6.45, 7) is 2.00. The molecule has 0 saturated carbocycles. The number of fused-ring (bicyclic) bond motifs is 1. The van der Waals surface area contributed by atoms with Crippen molar-refractivity contribution in [2.75, 3.05) is 5.32 Å². The minimum atomic E-state index is -0.552. The van der Waals surface area contributed by atoms with Crippen molar-refractivity contribution >= 4 is 27.8 Å². The van der Waals surface area contributed by atoms with Crippen molar-refractivity contribution in [1.82, 2.24) is 14.8 Å². The lowest BCUT2D eigenvalue weighted by atomic mass is 10.0. The van der Waals surface area contributed by atoms with E-state index in [4.69, 9.17) is 9.15 Å². The SMILES string of the molecule is CC1=C(C(=O)OCc2ccccc2)C(c2ccc(Br)o2)n2ncnc2N1. The monoisotopic (exact) mass is 414 g/mol. The zero-order valence-corrected chi connectivity index (χ0v) is 15.4. The van der Waals surface area contributed by atoms with Gasteiger partial charge in [-0.05, 0) is 40.5 Å². The van der Waals surface area contributed by atoms with Gasteiger partial charge < -0.3 is 14.5 Å². The van der Waals surface area contributed by atoms with Gasteiger partial charge in [-0.25, -0.2) is 9.48 Å². The Labute approximate surface area is 157 Å². The molecule has 132 valence electrons. The topological polar surface area (TPSA) is 82.2 Å². The van der Waals surface area contributed by atoms with Gasteiger partial charge in [-0.1, -0.05) is 30.3 Å². The van der Waals surface area contributed by atoms with Gasteiger partial charge in [0.15, 0.2) is 4.67 Å². The van der Waals surface area contributed by atoms with Crippen LogP contribution in [0.1, 0.15) is 24.3 Å². The summed E-state index contributed by atoms with van der Waals surface area (Å²) in [5, 5.41) is 7.33. The highest BCUT2D eigenvalue weighted by Gasteiger charge is 2.36. The maximum atomic E-state index is 12.9. The first-order chi connectivity index (χ1) is 12.6. The molecule has 0 fully saturated rings. The maximum Gasteiger partial charge on any atom is 0.338 e. The van der Waals surface area contributed by atoms with Crippen molar-refractivity contribution in [3.05, 3.63) is 76.1 Å². The molecule has 4 rings (SSSR count). The number of aromatic nitrogens is 3. The molecule has 1 N–H and O–H groups in total. The van der Waals surface area contributed by atoms with E-state index in [0.29, 0.717) is 27.6 Å². The molecule has 26 heavy (non-hydrogen) atoms. The van der Waals surface area contributed by atoms with E-state index in [1.54, 1.807) is 16.8 Å². The quantitative estimate of drug-likeness (QED) is 0.655. The average molecular weight is 415 g/mol. The smallest absolute Gasteiger partial charge is 0.338 e. The number of nitrogens with one attached hydrogen (secondary N) is 1. The van der Waals surface area contributed by atoms with Crippen LogP contribution in [0, 0.1) is 0 Å². The zero-order valence-electron chi connectivity index (χ0n) is 13.8. The molecule has 0 amide bonds. The Morgan fingerprint density at radius 3 is 2.85 bits per heavy atom. The molecule has 8 heteroatoms. The minimum Gasteiger partial charge on any atom is -0.457 e. The van der Waals surface area contributed by atoms with E-state index in [9.17, 15) is 4.79 Å². The van der Waals surface area contributed by atoms with E-state index in [0.717, 1.165) is 5.56 Å². The highest BCUT2D eigenvalue weighted by Crippen LogP contribution is 2.36. The molecule has 1 aliphatic heterocycles. The maximum absolute atomic E-state index is 12.9. The summed E-state index contributed by atoms with van der Waals surface area (Å²) < 4.78 is 13.4. The summed E-state index contributed by atoms with van der Waals surface area (Å²) in [7, 11) is 0. The van der Waals surface area contributed by atoms with Gasteiger partial charge in [0, 0.05) is 5.70 Å². The summed E-state index contributed by atoms with van der Waals surface area (Å²) in [6, 6.07) is 12.6. The van der Waals surface area contributed by atoms with Gasteiger partial charge in [-0.2, -0.15) is 10.1 Å². The lowest BCUT2D eigenvalue weighted by Crippen LogP contribution is -2.29. The number of furan rings is 1. The number of benzene rings is 1. The van der Waals surface area contributed by atoms with Crippen molar-refractivity contribution < 1.29 is 13.9 Å². The number of esters is 1. The third kappa shape index (κ3) is 3.03. The van der Waals surface area contributed by atoms with Gasteiger partial charge in [0.05, 0.1) is 5.57 Å². The molecule has 1 aliphatic rings. The standard InChI is InChI=1S/C18H15BrN4O3/c1-11-15(17(24)25-9-12-5-3-2-4-6-12)16(13-7-8-14(19)26-13)23-18(22-11)20-10-21-23/h2-8,10,16H,9H2,1H3,(H,20,21,22). The first kappa shape index (κ1) is 16.6. The molecule has 3 heterocycles. The largest absolute Gasteiger partial charge is 0.457 e. The first-order valence-corrected chi connectivity index (χ1v) is 8.76. The van der Waals surface area contributed by atoms with E-state index >= 15 is 0 Å². The van der Waals surface area contributed by atoms with Gasteiger partial charge in [0.1, 0.15) is 24.7 Å². The second-order valence-corrected chi connectivity index (χ2v) is 6.58. The van der Waals surface area contributed by atoms with Crippen LogP contribution in [-0.2, 0) is 16.1 Å². The molecule has 1 unspecified atom stereocenters. The van der Waals surface area contributed by atoms with Crippen LogP contribution in [0.15, 0.2) is 69.1 Å². The fraction of sp³-hybridized carbons (Fsp3) is 0.167. The number of carbonyl (C=O) groups is 1. The summed E-state index contributed by atoms with van der Waals surface area (Å²) in [4.78, 5) is 17.0.